The van der Waals surface area contributed by atoms with Crippen molar-refractivity contribution < 1.29 is 23.9 Å². The molecule has 2 aromatic rings. The molecule has 0 aromatic heterocycles. The molecule has 1 atom stereocenters. The smallest absolute Gasteiger partial charge is 0.270 e. The molecule has 0 aliphatic carbocycles. The Bertz CT molecular complexity index is 911. The third-order valence-electron chi connectivity index (χ3n) is 4.31. The lowest BCUT2D eigenvalue weighted by Crippen LogP contribution is -2.45. The lowest BCUT2D eigenvalue weighted by Gasteiger charge is -2.21. The summed E-state index contributed by atoms with van der Waals surface area (Å²) in [5.74, 6) is -0.917. The van der Waals surface area contributed by atoms with Gasteiger partial charge in [-0.15, -0.1) is 0 Å². The fraction of sp³-hybridized carbons (Fsp3) is 0.250. The number of ketones is 1. The van der Waals surface area contributed by atoms with Gasteiger partial charge in [-0.25, -0.2) is 0 Å². The van der Waals surface area contributed by atoms with E-state index in [9.17, 15) is 14.4 Å². The summed E-state index contributed by atoms with van der Waals surface area (Å²) >= 11 is 5.98. The van der Waals surface area contributed by atoms with Gasteiger partial charge in [0.2, 0.25) is 0 Å². The van der Waals surface area contributed by atoms with E-state index in [1.807, 2.05) is 0 Å². The van der Waals surface area contributed by atoms with E-state index in [1.165, 1.54) is 13.2 Å². The molecule has 2 amide bonds. The van der Waals surface area contributed by atoms with Crippen molar-refractivity contribution in [2.45, 2.75) is 19.4 Å². The molecule has 1 heterocycles. The van der Waals surface area contributed by atoms with E-state index in [0.29, 0.717) is 22.9 Å². The maximum Gasteiger partial charge on any atom is 0.270 e. The number of hydrogen-bond acceptors (Lipinski definition) is 5. The van der Waals surface area contributed by atoms with Crippen molar-refractivity contribution in [1.29, 1.82) is 0 Å². The van der Waals surface area contributed by atoms with Crippen molar-refractivity contribution in [2.75, 3.05) is 13.7 Å². The Morgan fingerprint density at radius 1 is 1.22 bits per heavy atom. The zero-order valence-electron chi connectivity index (χ0n) is 14.9. The van der Waals surface area contributed by atoms with Gasteiger partial charge in [0.25, 0.3) is 11.8 Å². The standard InChI is InChI=1S/C20H18ClNO5/c1-3-16-20(25)22(19(24)13-6-4-5-7-18(13)27-16)11-15(23)14-10-12(21)8-9-17(14)26-2/h4-10,16H,3,11H2,1-2H3. The number of Topliss-reactive ketones (excluding diaryl/α,β-unsaturated/α-hetero) is 1. The molecule has 0 bridgehead atoms. The lowest BCUT2D eigenvalue weighted by atomic mass is 10.1. The number of methoxy groups -OCH3 is 1. The summed E-state index contributed by atoms with van der Waals surface area (Å²) in [4.78, 5) is 39.5. The minimum Gasteiger partial charge on any atom is -0.496 e. The van der Waals surface area contributed by atoms with Crippen molar-refractivity contribution in [1.82, 2.24) is 4.90 Å². The predicted octanol–water partition coefficient (Wildman–Crippen LogP) is 3.37. The summed E-state index contributed by atoms with van der Waals surface area (Å²) in [6.07, 6.45) is -0.474. The van der Waals surface area contributed by atoms with Crippen LogP contribution in [-0.2, 0) is 4.79 Å². The van der Waals surface area contributed by atoms with Crippen molar-refractivity contribution in [3.8, 4) is 11.5 Å². The maximum absolute atomic E-state index is 12.9. The van der Waals surface area contributed by atoms with Crippen molar-refractivity contribution in [2.24, 2.45) is 0 Å². The number of ether oxygens (including phenoxy) is 2. The molecule has 3 rings (SSSR count). The molecule has 0 saturated carbocycles. The molecule has 7 heteroatoms. The van der Waals surface area contributed by atoms with Gasteiger partial charge in [-0.05, 0) is 36.8 Å². The Labute approximate surface area is 161 Å². The normalized spacial score (nSPS) is 16.4. The number of hydrogen-bond donors (Lipinski definition) is 0. The molecular formula is C20H18ClNO5. The second kappa shape index (κ2) is 7.80. The van der Waals surface area contributed by atoms with Gasteiger partial charge in [-0.2, -0.15) is 0 Å². The van der Waals surface area contributed by atoms with Crippen LogP contribution in [0.15, 0.2) is 42.5 Å². The molecule has 140 valence electrons. The average Bonchev–Trinajstić information content (AvgIpc) is 2.78. The highest BCUT2D eigenvalue weighted by Crippen LogP contribution is 2.28. The topological polar surface area (TPSA) is 72.9 Å². The number of nitrogens with zero attached hydrogens (tertiary/aromatic N) is 1. The summed E-state index contributed by atoms with van der Waals surface area (Å²) in [5, 5.41) is 0.354. The minimum atomic E-state index is -0.841. The van der Waals surface area contributed by atoms with E-state index in [-0.39, 0.29) is 11.1 Å². The summed E-state index contributed by atoms with van der Waals surface area (Å²) in [6.45, 7) is 1.35. The van der Waals surface area contributed by atoms with E-state index in [4.69, 9.17) is 21.1 Å². The third-order valence-corrected chi connectivity index (χ3v) is 4.54. The molecule has 0 spiro atoms. The van der Waals surface area contributed by atoms with Crippen LogP contribution in [0.4, 0.5) is 0 Å². The van der Waals surface area contributed by atoms with Gasteiger partial charge in [0.05, 0.1) is 24.8 Å². The molecule has 0 saturated heterocycles. The third kappa shape index (κ3) is 3.66. The molecule has 1 unspecified atom stereocenters. The minimum absolute atomic E-state index is 0.206. The Hall–Kier alpha value is -2.86. The zero-order valence-corrected chi connectivity index (χ0v) is 15.7. The van der Waals surface area contributed by atoms with Crippen LogP contribution >= 0.6 is 11.6 Å². The molecule has 0 radical (unpaired) electrons. The molecule has 1 aliphatic heterocycles. The molecule has 2 aromatic carbocycles. The second-order valence-corrected chi connectivity index (χ2v) is 6.44. The number of halogens is 1. The number of para-hydroxylation sites is 1. The van der Waals surface area contributed by atoms with Crippen molar-refractivity contribution >= 4 is 29.2 Å². The fourth-order valence-electron chi connectivity index (χ4n) is 2.90. The van der Waals surface area contributed by atoms with E-state index in [2.05, 4.69) is 0 Å². The largest absolute Gasteiger partial charge is 0.496 e. The van der Waals surface area contributed by atoms with Crippen molar-refractivity contribution in [3.05, 3.63) is 58.6 Å². The quantitative estimate of drug-likeness (QED) is 0.581. The highest BCUT2D eigenvalue weighted by atomic mass is 35.5. The van der Waals surface area contributed by atoms with Crippen LogP contribution in [0.3, 0.4) is 0 Å². The van der Waals surface area contributed by atoms with Crippen LogP contribution in [0, 0.1) is 0 Å². The molecule has 6 nitrogen and oxygen atoms in total. The average molecular weight is 388 g/mol. The van der Waals surface area contributed by atoms with Crippen LogP contribution in [-0.4, -0.2) is 42.3 Å². The van der Waals surface area contributed by atoms with Gasteiger partial charge >= 0.3 is 0 Å². The monoisotopic (exact) mass is 387 g/mol. The fourth-order valence-corrected chi connectivity index (χ4v) is 3.08. The first-order chi connectivity index (χ1) is 13.0. The van der Waals surface area contributed by atoms with E-state index in [0.717, 1.165) is 4.90 Å². The number of rotatable bonds is 5. The maximum atomic E-state index is 12.9. The number of carbonyl (C=O) groups excluding carboxylic acids is 3. The van der Waals surface area contributed by atoms with Crippen molar-refractivity contribution in [3.63, 3.8) is 0 Å². The van der Waals surface area contributed by atoms with Gasteiger partial charge in [0.1, 0.15) is 11.5 Å². The Morgan fingerprint density at radius 3 is 2.67 bits per heavy atom. The SMILES string of the molecule is CCC1Oc2ccccc2C(=O)N(CC(=O)c2cc(Cl)ccc2OC)C1=O. The summed E-state index contributed by atoms with van der Waals surface area (Å²) in [6, 6.07) is 11.2. The number of fused-ring (bicyclic) bond motifs is 1. The summed E-state index contributed by atoms with van der Waals surface area (Å²) in [7, 11) is 1.43. The van der Waals surface area contributed by atoms with Gasteiger partial charge in [-0.3, -0.25) is 19.3 Å². The van der Waals surface area contributed by atoms with Gasteiger partial charge in [-0.1, -0.05) is 30.7 Å². The second-order valence-electron chi connectivity index (χ2n) is 6.01. The van der Waals surface area contributed by atoms with E-state index < -0.39 is 30.2 Å². The molecular weight excluding hydrogens is 370 g/mol. The molecule has 1 aliphatic rings. The Kier molecular flexibility index (Phi) is 5.46. The summed E-state index contributed by atoms with van der Waals surface area (Å²) in [5.41, 5.74) is 0.449. The number of imide groups is 1. The Balaban J connectivity index is 1.97. The zero-order chi connectivity index (χ0) is 19.6. The highest BCUT2D eigenvalue weighted by Gasteiger charge is 2.36. The van der Waals surface area contributed by atoms with E-state index >= 15 is 0 Å². The number of benzene rings is 2. The predicted molar refractivity (Wildman–Crippen MR) is 99.5 cm³/mol. The van der Waals surface area contributed by atoms with E-state index in [1.54, 1.807) is 43.3 Å². The van der Waals surface area contributed by atoms with Crippen LogP contribution in [0.1, 0.15) is 34.1 Å². The van der Waals surface area contributed by atoms with Crippen LogP contribution in [0.25, 0.3) is 0 Å². The van der Waals surface area contributed by atoms with Gasteiger partial charge in [0, 0.05) is 5.02 Å². The Morgan fingerprint density at radius 2 is 1.96 bits per heavy atom. The first-order valence-corrected chi connectivity index (χ1v) is 8.82. The number of amides is 2. The van der Waals surface area contributed by atoms with Crippen LogP contribution in [0.2, 0.25) is 5.02 Å². The summed E-state index contributed by atoms with van der Waals surface area (Å²) < 4.78 is 10.9. The molecule has 27 heavy (non-hydrogen) atoms. The van der Waals surface area contributed by atoms with Gasteiger partial charge in [0.15, 0.2) is 11.9 Å². The van der Waals surface area contributed by atoms with Gasteiger partial charge < -0.3 is 9.47 Å². The molecule has 0 fully saturated rings. The lowest BCUT2D eigenvalue weighted by molar-refractivity contribution is -0.135. The first-order valence-electron chi connectivity index (χ1n) is 8.44. The van der Waals surface area contributed by atoms with Crippen LogP contribution in [0.5, 0.6) is 11.5 Å². The number of carbonyl (C=O) groups is 3. The highest BCUT2D eigenvalue weighted by molar-refractivity contribution is 6.31. The first kappa shape index (κ1) is 18.9. The van der Waals surface area contributed by atoms with Crippen LogP contribution < -0.4 is 9.47 Å². The molecule has 0 N–H and O–H groups in total.